The number of benzene rings is 2. The number of aromatic nitrogens is 1. The van der Waals surface area contributed by atoms with E-state index in [4.69, 9.17) is 4.74 Å². The molecule has 0 bridgehead atoms. The van der Waals surface area contributed by atoms with Crippen LogP contribution >= 0.6 is 38.6 Å². The minimum atomic E-state index is -0.809. The number of nitrogens with zero attached hydrogens (tertiary/aromatic N) is 2. The Morgan fingerprint density at radius 2 is 2.06 bits per heavy atom. The van der Waals surface area contributed by atoms with E-state index in [9.17, 15) is 14.7 Å². The van der Waals surface area contributed by atoms with Crippen molar-refractivity contribution in [2.24, 2.45) is 0 Å². The fourth-order valence-corrected chi connectivity index (χ4v) is 5.93. The third-order valence-electron chi connectivity index (χ3n) is 5.23. The number of aliphatic hydroxyl groups is 1. The fourth-order valence-electron chi connectivity index (χ4n) is 3.82. The van der Waals surface area contributed by atoms with Gasteiger partial charge < -0.3 is 9.84 Å². The number of hydrogen-bond acceptors (Lipinski definition) is 7. The topological polar surface area (TPSA) is 79.7 Å². The molecule has 1 atom stereocenters. The molecule has 6 nitrogen and oxygen atoms in total. The van der Waals surface area contributed by atoms with Crippen molar-refractivity contribution in [3.05, 3.63) is 86.2 Å². The molecule has 0 radical (unpaired) electrons. The highest BCUT2D eigenvalue weighted by atomic mass is 79.9. The van der Waals surface area contributed by atoms with Crippen molar-refractivity contribution < 1.29 is 19.4 Å². The number of thiazole rings is 1. The van der Waals surface area contributed by atoms with Gasteiger partial charge in [-0.05, 0) is 54.3 Å². The molecule has 9 heteroatoms. The number of rotatable bonds is 6. The second-order valence-electron chi connectivity index (χ2n) is 7.26. The van der Waals surface area contributed by atoms with Crippen LogP contribution in [-0.4, -0.2) is 28.4 Å². The maximum Gasteiger partial charge on any atom is 0.296 e. The molecule has 1 aliphatic rings. The first-order chi connectivity index (χ1) is 16.0. The highest BCUT2D eigenvalue weighted by Crippen LogP contribution is 2.45. The normalized spacial score (nSPS) is 16.1. The van der Waals surface area contributed by atoms with E-state index in [0.29, 0.717) is 33.4 Å². The molecule has 166 valence electrons. The third kappa shape index (κ3) is 3.86. The Morgan fingerprint density at radius 1 is 1.21 bits per heavy atom. The number of ketones is 1. The van der Waals surface area contributed by atoms with Crippen LogP contribution in [0.15, 0.2) is 75.8 Å². The lowest BCUT2D eigenvalue weighted by Gasteiger charge is -2.24. The van der Waals surface area contributed by atoms with Crippen LogP contribution < -0.4 is 9.64 Å². The Balaban J connectivity index is 1.65. The first-order valence-corrected chi connectivity index (χ1v) is 12.6. The molecule has 0 saturated heterocycles. The molecular weight excluding hydrogens is 524 g/mol. The Hall–Kier alpha value is -3.01. The molecule has 1 amide bonds. The molecule has 2 aromatic carbocycles. The standard InChI is InChI=1S/C24H17BrN2O4S2/c1-2-31-15-8-9-16-18(12-15)33-24(26-16)27-20(13-5-3-6-14(25)11-13)19(22(29)23(27)30)21(28)17-7-4-10-32-17/h3-12,20,29H,2H2,1H3. The van der Waals surface area contributed by atoms with Gasteiger partial charge in [-0.2, -0.15) is 0 Å². The van der Waals surface area contributed by atoms with E-state index >= 15 is 0 Å². The number of halogens is 1. The van der Waals surface area contributed by atoms with Crippen molar-refractivity contribution in [2.75, 3.05) is 11.5 Å². The fraction of sp³-hybridized carbons (Fsp3) is 0.125. The van der Waals surface area contributed by atoms with E-state index in [-0.39, 0.29) is 11.4 Å². The van der Waals surface area contributed by atoms with Crippen LogP contribution in [0, 0.1) is 0 Å². The summed E-state index contributed by atoms with van der Waals surface area (Å²) in [7, 11) is 0. The van der Waals surface area contributed by atoms with Gasteiger partial charge in [0.25, 0.3) is 5.91 Å². The molecule has 2 aromatic heterocycles. The van der Waals surface area contributed by atoms with Gasteiger partial charge in [-0.3, -0.25) is 14.5 Å². The van der Waals surface area contributed by atoms with Crippen molar-refractivity contribution in [2.45, 2.75) is 13.0 Å². The summed E-state index contributed by atoms with van der Waals surface area (Å²) in [6.45, 7) is 2.45. The molecule has 3 heterocycles. The Morgan fingerprint density at radius 3 is 2.79 bits per heavy atom. The molecule has 5 rings (SSSR count). The molecule has 1 unspecified atom stereocenters. The van der Waals surface area contributed by atoms with E-state index in [1.165, 1.54) is 27.6 Å². The van der Waals surface area contributed by atoms with Gasteiger partial charge in [-0.15, -0.1) is 11.3 Å². The predicted octanol–water partition coefficient (Wildman–Crippen LogP) is 6.30. The maximum absolute atomic E-state index is 13.4. The van der Waals surface area contributed by atoms with Crippen LogP contribution in [0.4, 0.5) is 5.13 Å². The van der Waals surface area contributed by atoms with E-state index in [1.54, 1.807) is 17.5 Å². The van der Waals surface area contributed by atoms with E-state index in [0.717, 1.165) is 9.17 Å². The lowest BCUT2D eigenvalue weighted by molar-refractivity contribution is -0.117. The summed E-state index contributed by atoms with van der Waals surface area (Å²) < 4.78 is 7.22. The van der Waals surface area contributed by atoms with E-state index < -0.39 is 17.7 Å². The number of anilines is 1. The second kappa shape index (κ2) is 8.74. The molecule has 0 saturated carbocycles. The molecule has 4 aromatic rings. The Bertz CT molecular complexity index is 1410. The summed E-state index contributed by atoms with van der Waals surface area (Å²) in [6, 6.07) is 15.5. The highest BCUT2D eigenvalue weighted by molar-refractivity contribution is 9.10. The smallest absolute Gasteiger partial charge is 0.296 e. The molecular formula is C24H17BrN2O4S2. The minimum absolute atomic E-state index is 0.0508. The number of carbonyl (C=O) groups is 2. The van der Waals surface area contributed by atoms with Crippen LogP contribution in [0.25, 0.3) is 10.2 Å². The van der Waals surface area contributed by atoms with Gasteiger partial charge in [0, 0.05) is 4.47 Å². The van der Waals surface area contributed by atoms with Crippen molar-refractivity contribution in [3.8, 4) is 5.75 Å². The quantitative estimate of drug-likeness (QED) is 0.290. The first-order valence-electron chi connectivity index (χ1n) is 10.1. The van der Waals surface area contributed by atoms with Crippen molar-refractivity contribution in [1.29, 1.82) is 0 Å². The molecule has 33 heavy (non-hydrogen) atoms. The van der Waals surface area contributed by atoms with Gasteiger partial charge in [0.15, 0.2) is 10.9 Å². The van der Waals surface area contributed by atoms with Gasteiger partial charge >= 0.3 is 0 Å². The largest absolute Gasteiger partial charge is 0.503 e. The van der Waals surface area contributed by atoms with Crippen molar-refractivity contribution >= 4 is 65.6 Å². The average molecular weight is 541 g/mol. The summed E-state index contributed by atoms with van der Waals surface area (Å²) in [6.07, 6.45) is 0. The Labute approximate surface area is 205 Å². The van der Waals surface area contributed by atoms with Crippen LogP contribution in [0.2, 0.25) is 0 Å². The van der Waals surface area contributed by atoms with E-state index in [2.05, 4.69) is 20.9 Å². The molecule has 0 fully saturated rings. The molecule has 1 aliphatic heterocycles. The van der Waals surface area contributed by atoms with Gasteiger partial charge in [-0.25, -0.2) is 4.98 Å². The summed E-state index contributed by atoms with van der Waals surface area (Å²) in [5, 5.41) is 13.1. The number of fused-ring (bicyclic) bond motifs is 1. The monoisotopic (exact) mass is 540 g/mol. The summed E-state index contributed by atoms with van der Waals surface area (Å²) in [5.41, 5.74) is 1.45. The lowest BCUT2D eigenvalue weighted by Crippen LogP contribution is -2.30. The van der Waals surface area contributed by atoms with Crippen LogP contribution in [0.5, 0.6) is 5.75 Å². The average Bonchev–Trinajstić information content (AvgIpc) is 3.52. The van der Waals surface area contributed by atoms with Crippen LogP contribution in [0.1, 0.15) is 28.2 Å². The van der Waals surface area contributed by atoms with Crippen LogP contribution in [-0.2, 0) is 4.79 Å². The van der Waals surface area contributed by atoms with Crippen molar-refractivity contribution in [3.63, 3.8) is 0 Å². The lowest BCUT2D eigenvalue weighted by atomic mass is 9.96. The predicted molar refractivity (Wildman–Crippen MR) is 133 cm³/mol. The Kier molecular flexibility index (Phi) is 5.77. The van der Waals surface area contributed by atoms with Gasteiger partial charge in [0.2, 0.25) is 5.78 Å². The number of Topliss-reactive ketones (excluding diaryl/α,β-unsaturated/α-hetero) is 1. The molecule has 0 spiro atoms. The number of carbonyl (C=O) groups excluding carboxylic acids is 2. The van der Waals surface area contributed by atoms with Crippen molar-refractivity contribution in [1.82, 2.24) is 4.98 Å². The van der Waals surface area contributed by atoms with Gasteiger partial charge in [0.05, 0.1) is 33.3 Å². The van der Waals surface area contributed by atoms with Gasteiger partial charge in [-0.1, -0.05) is 45.5 Å². The number of hydrogen-bond donors (Lipinski definition) is 1. The number of aliphatic hydroxyl groups excluding tert-OH is 1. The van der Waals surface area contributed by atoms with Gasteiger partial charge in [0.1, 0.15) is 5.75 Å². The van der Waals surface area contributed by atoms with E-state index in [1.807, 2.05) is 49.4 Å². The maximum atomic E-state index is 13.4. The molecule has 1 N–H and O–H groups in total. The molecule has 0 aliphatic carbocycles. The SMILES string of the molecule is CCOc1ccc2nc(N3C(=O)C(O)=C(C(=O)c4cccs4)C3c3cccc(Br)c3)sc2c1. The minimum Gasteiger partial charge on any atom is -0.503 e. The zero-order valence-electron chi connectivity index (χ0n) is 17.3. The number of ether oxygens (including phenoxy) is 1. The second-order valence-corrected chi connectivity index (χ2v) is 10.1. The first kappa shape index (κ1) is 21.8. The van der Waals surface area contributed by atoms with Crippen LogP contribution in [0.3, 0.4) is 0 Å². The third-order valence-corrected chi connectivity index (χ3v) is 7.61. The zero-order chi connectivity index (χ0) is 23.1. The number of thiophene rings is 1. The summed E-state index contributed by atoms with van der Waals surface area (Å²) in [5.74, 6) is -0.856. The summed E-state index contributed by atoms with van der Waals surface area (Å²) in [4.78, 5) is 33.2. The summed E-state index contributed by atoms with van der Waals surface area (Å²) >= 11 is 6.05. The number of amides is 1. The highest BCUT2D eigenvalue weighted by Gasteiger charge is 2.46. The zero-order valence-corrected chi connectivity index (χ0v) is 20.5.